The van der Waals surface area contributed by atoms with Crippen LogP contribution in [0.2, 0.25) is 0 Å². The van der Waals surface area contributed by atoms with E-state index in [1.54, 1.807) is 19.4 Å². The number of methoxy groups -OCH3 is 1. The zero-order valence-electron chi connectivity index (χ0n) is 11.2. The SMILES string of the molecule is CNC(CN(C)CCc1ccncc1)C(=O)OC. The van der Waals surface area contributed by atoms with Gasteiger partial charge in [0.1, 0.15) is 6.04 Å². The number of aromatic nitrogens is 1. The number of carbonyl (C=O) groups excluding carboxylic acids is 1. The molecule has 0 radical (unpaired) electrons. The molecule has 18 heavy (non-hydrogen) atoms. The van der Waals surface area contributed by atoms with Crippen LogP contribution < -0.4 is 5.32 Å². The predicted molar refractivity (Wildman–Crippen MR) is 70.3 cm³/mol. The summed E-state index contributed by atoms with van der Waals surface area (Å²) in [5.41, 5.74) is 1.25. The minimum absolute atomic E-state index is 0.228. The first-order valence-electron chi connectivity index (χ1n) is 6.00. The molecule has 0 aliphatic heterocycles. The van der Waals surface area contributed by atoms with E-state index < -0.39 is 0 Å². The van der Waals surface area contributed by atoms with Gasteiger partial charge < -0.3 is 15.0 Å². The first-order chi connectivity index (χ1) is 8.67. The van der Waals surface area contributed by atoms with Crippen molar-refractivity contribution in [3.8, 4) is 0 Å². The Hall–Kier alpha value is -1.46. The van der Waals surface area contributed by atoms with Gasteiger partial charge in [0.25, 0.3) is 0 Å². The summed E-state index contributed by atoms with van der Waals surface area (Å²) >= 11 is 0. The van der Waals surface area contributed by atoms with Gasteiger partial charge >= 0.3 is 5.97 Å². The molecule has 1 unspecified atom stereocenters. The Morgan fingerprint density at radius 1 is 1.50 bits per heavy atom. The highest BCUT2D eigenvalue weighted by Gasteiger charge is 2.18. The molecular weight excluding hydrogens is 230 g/mol. The second kappa shape index (κ2) is 7.79. The van der Waals surface area contributed by atoms with Crippen molar-refractivity contribution >= 4 is 5.97 Å². The molecule has 5 nitrogen and oxygen atoms in total. The summed E-state index contributed by atoms with van der Waals surface area (Å²) in [5.74, 6) is -0.228. The van der Waals surface area contributed by atoms with Crippen LogP contribution in [0.4, 0.5) is 0 Å². The fourth-order valence-electron chi connectivity index (χ4n) is 1.70. The van der Waals surface area contributed by atoms with Crippen molar-refractivity contribution in [1.29, 1.82) is 0 Å². The number of nitrogens with zero attached hydrogens (tertiary/aromatic N) is 2. The quantitative estimate of drug-likeness (QED) is 0.707. The molecular formula is C13H21N3O2. The molecule has 1 aromatic heterocycles. The lowest BCUT2D eigenvalue weighted by molar-refractivity contribution is -0.143. The van der Waals surface area contributed by atoms with E-state index in [4.69, 9.17) is 4.74 Å². The fourth-order valence-corrected chi connectivity index (χ4v) is 1.70. The largest absolute Gasteiger partial charge is 0.468 e. The average molecular weight is 251 g/mol. The van der Waals surface area contributed by atoms with Crippen molar-refractivity contribution in [2.75, 3.05) is 34.3 Å². The first-order valence-corrected chi connectivity index (χ1v) is 6.00. The summed E-state index contributed by atoms with van der Waals surface area (Å²) < 4.78 is 4.73. The summed E-state index contributed by atoms with van der Waals surface area (Å²) in [5, 5.41) is 2.96. The molecule has 0 fully saturated rings. The van der Waals surface area contributed by atoms with Gasteiger partial charge in [-0.05, 0) is 38.2 Å². The summed E-state index contributed by atoms with van der Waals surface area (Å²) in [7, 11) is 5.16. The topological polar surface area (TPSA) is 54.5 Å². The minimum atomic E-state index is -0.280. The first kappa shape index (κ1) is 14.6. The molecule has 1 aromatic rings. The Labute approximate surface area is 108 Å². The van der Waals surface area contributed by atoms with Crippen molar-refractivity contribution in [3.63, 3.8) is 0 Å². The van der Waals surface area contributed by atoms with Crippen LogP contribution in [0.3, 0.4) is 0 Å². The Morgan fingerprint density at radius 3 is 2.72 bits per heavy atom. The number of nitrogens with one attached hydrogen (secondary N) is 1. The average Bonchev–Trinajstić information content (AvgIpc) is 2.42. The fraction of sp³-hybridized carbons (Fsp3) is 0.538. The van der Waals surface area contributed by atoms with Gasteiger partial charge in [-0.15, -0.1) is 0 Å². The lowest BCUT2D eigenvalue weighted by Gasteiger charge is -2.21. The van der Waals surface area contributed by atoms with Crippen LogP contribution in [0.15, 0.2) is 24.5 Å². The molecule has 1 heterocycles. The zero-order chi connectivity index (χ0) is 13.4. The zero-order valence-corrected chi connectivity index (χ0v) is 11.2. The monoisotopic (exact) mass is 251 g/mol. The van der Waals surface area contributed by atoms with Crippen LogP contribution in [-0.4, -0.2) is 56.2 Å². The van der Waals surface area contributed by atoms with Crippen LogP contribution in [-0.2, 0) is 16.0 Å². The molecule has 1 atom stereocenters. The standard InChI is InChI=1S/C13H21N3O2/c1-14-12(13(17)18-3)10-16(2)9-6-11-4-7-15-8-5-11/h4-5,7-8,12,14H,6,9-10H2,1-3H3. The van der Waals surface area contributed by atoms with Crippen LogP contribution in [0, 0.1) is 0 Å². The van der Waals surface area contributed by atoms with Gasteiger partial charge in [0.15, 0.2) is 0 Å². The van der Waals surface area contributed by atoms with Gasteiger partial charge in [-0.25, -0.2) is 0 Å². The maximum absolute atomic E-state index is 11.4. The molecule has 0 aromatic carbocycles. The number of hydrogen-bond acceptors (Lipinski definition) is 5. The highest BCUT2D eigenvalue weighted by molar-refractivity contribution is 5.75. The van der Waals surface area contributed by atoms with E-state index in [2.05, 4.69) is 15.2 Å². The van der Waals surface area contributed by atoms with E-state index in [1.165, 1.54) is 12.7 Å². The normalized spacial score (nSPS) is 12.4. The Bertz CT molecular complexity index is 357. The summed E-state index contributed by atoms with van der Waals surface area (Å²) in [6, 6.07) is 3.73. The second-order valence-electron chi connectivity index (χ2n) is 4.23. The van der Waals surface area contributed by atoms with Crippen LogP contribution >= 0.6 is 0 Å². The predicted octanol–water partition coefficient (Wildman–Crippen LogP) is 0.317. The van der Waals surface area contributed by atoms with Crippen molar-refractivity contribution in [2.24, 2.45) is 0 Å². The van der Waals surface area contributed by atoms with Crippen molar-refractivity contribution in [3.05, 3.63) is 30.1 Å². The number of carbonyl (C=O) groups is 1. The molecule has 0 amide bonds. The van der Waals surface area contributed by atoms with E-state index in [0.717, 1.165) is 13.0 Å². The van der Waals surface area contributed by atoms with E-state index >= 15 is 0 Å². The smallest absolute Gasteiger partial charge is 0.324 e. The molecule has 0 aliphatic carbocycles. The van der Waals surface area contributed by atoms with Crippen LogP contribution in [0.25, 0.3) is 0 Å². The van der Waals surface area contributed by atoms with Crippen LogP contribution in [0.1, 0.15) is 5.56 Å². The Balaban J connectivity index is 2.36. The minimum Gasteiger partial charge on any atom is -0.468 e. The lowest BCUT2D eigenvalue weighted by atomic mass is 10.2. The third-order valence-corrected chi connectivity index (χ3v) is 2.86. The number of rotatable bonds is 7. The van der Waals surface area contributed by atoms with E-state index in [0.29, 0.717) is 6.54 Å². The maximum Gasteiger partial charge on any atom is 0.324 e. The highest BCUT2D eigenvalue weighted by atomic mass is 16.5. The van der Waals surface area contributed by atoms with Crippen molar-refractivity contribution < 1.29 is 9.53 Å². The highest BCUT2D eigenvalue weighted by Crippen LogP contribution is 2.00. The molecule has 1 N–H and O–H groups in total. The van der Waals surface area contributed by atoms with Gasteiger partial charge in [-0.1, -0.05) is 0 Å². The Kier molecular flexibility index (Phi) is 6.32. The number of ether oxygens (including phenoxy) is 1. The van der Waals surface area contributed by atoms with E-state index in [1.807, 2.05) is 19.2 Å². The molecule has 0 bridgehead atoms. The van der Waals surface area contributed by atoms with Gasteiger partial charge in [0.05, 0.1) is 7.11 Å². The molecule has 100 valence electrons. The molecule has 1 rings (SSSR count). The summed E-state index contributed by atoms with van der Waals surface area (Å²) in [4.78, 5) is 17.5. The third-order valence-electron chi connectivity index (χ3n) is 2.86. The van der Waals surface area contributed by atoms with Gasteiger partial charge in [-0.2, -0.15) is 0 Å². The van der Waals surface area contributed by atoms with E-state index in [9.17, 15) is 4.79 Å². The van der Waals surface area contributed by atoms with Gasteiger partial charge in [0.2, 0.25) is 0 Å². The van der Waals surface area contributed by atoms with Crippen molar-refractivity contribution in [1.82, 2.24) is 15.2 Å². The summed E-state index contributed by atoms with van der Waals surface area (Å²) in [6.45, 7) is 1.52. The summed E-state index contributed by atoms with van der Waals surface area (Å²) in [6.07, 6.45) is 4.52. The molecule has 0 saturated carbocycles. The van der Waals surface area contributed by atoms with Gasteiger partial charge in [0, 0.05) is 25.5 Å². The van der Waals surface area contributed by atoms with Gasteiger partial charge in [-0.3, -0.25) is 9.78 Å². The third kappa shape index (κ3) is 4.81. The molecule has 5 heteroatoms. The van der Waals surface area contributed by atoms with E-state index in [-0.39, 0.29) is 12.0 Å². The molecule has 0 saturated heterocycles. The maximum atomic E-state index is 11.4. The molecule has 0 aliphatic rings. The Morgan fingerprint density at radius 2 is 2.17 bits per heavy atom. The number of hydrogen-bond donors (Lipinski definition) is 1. The number of pyridine rings is 1. The lowest BCUT2D eigenvalue weighted by Crippen LogP contribution is -2.44. The molecule has 0 spiro atoms. The second-order valence-corrected chi connectivity index (χ2v) is 4.23. The number of likely N-dealkylation sites (N-methyl/N-ethyl adjacent to an activating group) is 2. The van der Waals surface area contributed by atoms with Crippen LogP contribution in [0.5, 0.6) is 0 Å². The van der Waals surface area contributed by atoms with Crippen molar-refractivity contribution in [2.45, 2.75) is 12.5 Å². The number of esters is 1.